The molecule has 5 nitrogen and oxygen atoms in total. The molecule has 0 aliphatic carbocycles. The van der Waals surface area contributed by atoms with Crippen molar-refractivity contribution < 1.29 is 4.79 Å². The normalized spacial score (nSPS) is 15.6. The molecule has 0 saturated carbocycles. The smallest absolute Gasteiger partial charge is 0.228 e. The van der Waals surface area contributed by atoms with Crippen molar-refractivity contribution in [2.75, 3.05) is 25.0 Å². The highest BCUT2D eigenvalue weighted by Crippen LogP contribution is 2.29. The Labute approximate surface area is 191 Å². The van der Waals surface area contributed by atoms with Crippen LogP contribution in [-0.2, 0) is 18.3 Å². The molecular formula is C27H36N4O. The van der Waals surface area contributed by atoms with E-state index in [0.29, 0.717) is 11.7 Å². The van der Waals surface area contributed by atoms with Crippen molar-refractivity contribution >= 4 is 22.5 Å². The zero-order valence-corrected chi connectivity index (χ0v) is 20.1. The number of likely N-dealkylation sites (tertiary alicyclic amines) is 1. The van der Waals surface area contributed by atoms with E-state index in [-0.39, 0.29) is 11.8 Å². The Kier molecular flexibility index (Phi) is 6.66. The van der Waals surface area contributed by atoms with Crippen molar-refractivity contribution in [3.8, 4) is 11.3 Å². The molecule has 3 heterocycles. The first kappa shape index (κ1) is 22.5. The molecule has 1 aliphatic heterocycles. The first-order valence-electron chi connectivity index (χ1n) is 11.9. The summed E-state index contributed by atoms with van der Waals surface area (Å²) in [6.45, 7) is 12.0. The molecule has 4 rings (SSSR count). The summed E-state index contributed by atoms with van der Waals surface area (Å²) >= 11 is 0. The zero-order valence-electron chi connectivity index (χ0n) is 20.1. The Balaban J connectivity index is 1.49. The molecule has 0 unspecified atom stereocenters. The van der Waals surface area contributed by atoms with E-state index in [4.69, 9.17) is 0 Å². The third kappa shape index (κ3) is 4.73. The highest BCUT2D eigenvalue weighted by atomic mass is 16.1. The number of nitrogens with zero attached hydrogens (tertiary/aromatic N) is 3. The van der Waals surface area contributed by atoms with Gasteiger partial charge in [-0.3, -0.25) is 4.79 Å². The molecular weight excluding hydrogens is 396 g/mol. The van der Waals surface area contributed by atoms with Gasteiger partial charge in [-0.05, 0) is 79.9 Å². The van der Waals surface area contributed by atoms with Gasteiger partial charge in [-0.25, -0.2) is 4.98 Å². The van der Waals surface area contributed by atoms with Crippen LogP contribution in [0.4, 0.5) is 5.82 Å². The van der Waals surface area contributed by atoms with E-state index in [2.05, 4.69) is 78.8 Å². The number of piperidine rings is 1. The number of nitrogens with one attached hydrogen (secondary N) is 1. The molecule has 170 valence electrons. The minimum absolute atomic E-state index is 0.0704. The highest BCUT2D eigenvalue weighted by molar-refractivity contribution is 5.95. The maximum Gasteiger partial charge on any atom is 0.228 e. The van der Waals surface area contributed by atoms with Crippen LogP contribution in [0.1, 0.15) is 44.9 Å². The average molecular weight is 433 g/mol. The number of benzene rings is 1. The number of carbonyl (C=O) groups is 1. The monoisotopic (exact) mass is 432 g/mol. The van der Waals surface area contributed by atoms with Gasteiger partial charge in [-0.15, -0.1) is 0 Å². The van der Waals surface area contributed by atoms with Crippen molar-refractivity contribution in [2.45, 2.75) is 47.0 Å². The third-order valence-electron chi connectivity index (χ3n) is 6.87. The van der Waals surface area contributed by atoms with Gasteiger partial charge in [-0.2, -0.15) is 0 Å². The van der Waals surface area contributed by atoms with Gasteiger partial charge in [0.1, 0.15) is 5.82 Å². The van der Waals surface area contributed by atoms with Gasteiger partial charge in [-0.1, -0.05) is 32.9 Å². The Morgan fingerprint density at radius 1 is 1.16 bits per heavy atom. The van der Waals surface area contributed by atoms with E-state index in [1.807, 2.05) is 12.3 Å². The molecule has 3 aromatic rings. The van der Waals surface area contributed by atoms with Gasteiger partial charge in [0.05, 0.1) is 0 Å². The van der Waals surface area contributed by atoms with Crippen LogP contribution >= 0.6 is 0 Å². The average Bonchev–Trinajstić information content (AvgIpc) is 3.07. The number of aromatic nitrogens is 2. The number of anilines is 1. The maximum absolute atomic E-state index is 12.9. The third-order valence-corrected chi connectivity index (χ3v) is 6.87. The number of carbonyl (C=O) groups excluding carboxylic acids is 1. The van der Waals surface area contributed by atoms with E-state index in [0.717, 1.165) is 49.7 Å². The first-order chi connectivity index (χ1) is 15.4. The highest BCUT2D eigenvalue weighted by Gasteiger charge is 2.25. The molecule has 2 aromatic heterocycles. The van der Waals surface area contributed by atoms with Gasteiger partial charge < -0.3 is 14.8 Å². The van der Waals surface area contributed by atoms with Gasteiger partial charge in [0.2, 0.25) is 5.91 Å². The Hall–Kier alpha value is -2.66. The summed E-state index contributed by atoms with van der Waals surface area (Å²) in [6.07, 6.45) is 4.73. The van der Waals surface area contributed by atoms with E-state index < -0.39 is 0 Å². The summed E-state index contributed by atoms with van der Waals surface area (Å²) in [5, 5.41) is 5.25. The summed E-state index contributed by atoms with van der Waals surface area (Å²) in [4.78, 5) is 19.8. The van der Waals surface area contributed by atoms with E-state index in [1.54, 1.807) is 0 Å². The largest absolute Gasteiger partial charge is 0.348 e. The fraction of sp³-hybridized carbons (Fsp3) is 0.481. The lowest BCUT2D eigenvalue weighted by Crippen LogP contribution is -2.39. The van der Waals surface area contributed by atoms with Crippen LogP contribution in [0.5, 0.6) is 0 Å². The predicted molar refractivity (Wildman–Crippen MR) is 133 cm³/mol. The van der Waals surface area contributed by atoms with Crippen molar-refractivity contribution in [3.63, 3.8) is 0 Å². The quantitative estimate of drug-likeness (QED) is 0.566. The second kappa shape index (κ2) is 9.45. The molecule has 1 N–H and O–H groups in total. The van der Waals surface area contributed by atoms with Gasteiger partial charge >= 0.3 is 0 Å². The standard InChI is InChI=1S/C27H36N4O/c1-6-20-14-25(30(5)19(20)4)22-7-8-23-16-28-26(15-24(23)13-22)29-27(32)21-9-11-31(12-10-21)17-18(2)3/h7-8,13-16,18,21H,6,9-12,17H2,1-5H3,(H,28,29,32). The Morgan fingerprint density at radius 3 is 2.56 bits per heavy atom. The topological polar surface area (TPSA) is 50.2 Å². The van der Waals surface area contributed by atoms with Crippen LogP contribution in [0.2, 0.25) is 0 Å². The predicted octanol–water partition coefficient (Wildman–Crippen LogP) is 5.42. The number of rotatable bonds is 6. The Morgan fingerprint density at radius 2 is 1.91 bits per heavy atom. The van der Waals surface area contributed by atoms with Crippen molar-refractivity contribution in [1.82, 2.24) is 14.5 Å². The molecule has 0 atom stereocenters. The zero-order chi connectivity index (χ0) is 22.8. The number of amides is 1. The summed E-state index contributed by atoms with van der Waals surface area (Å²) in [7, 11) is 2.12. The molecule has 1 aromatic carbocycles. The fourth-order valence-corrected chi connectivity index (χ4v) is 4.89. The van der Waals surface area contributed by atoms with E-state index in [9.17, 15) is 4.79 Å². The number of hydrogen-bond acceptors (Lipinski definition) is 3. The lowest BCUT2D eigenvalue weighted by atomic mass is 9.95. The SMILES string of the molecule is CCc1cc(-c2ccc3cnc(NC(=O)C4CCN(CC(C)C)CC4)cc3c2)n(C)c1C. The number of aryl methyl sites for hydroxylation is 1. The molecule has 0 spiro atoms. The molecule has 1 fully saturated rings. The molecule has 0 bridgehead atoms. The summed E-state index contributed by atoms with van der Waals surface area (Å²) in [6, 6.07) is 10.8. The van der Waals surface area contributed by atoms with Gasteiger partial charge in [0.15, 0.2) is 0 Å². The molecule has 1 saturated heterocycles. The second-order valence-corrected chi connectivity index (χ2v) is 9.64. The lowest BCUT2D eigenvalue weighted by Gasteiger charge is -2.32. The van der Waals surface area contributed by atoms with Gasteiger partial charge in [0.25, 0.3) is 0 Å². The molecule has 32 heavy (non-hydrogen) atoms. The van der Waals surface area contributed by atoms with E-state index in [1.165, 1.54) is 22.5 Å². The Bertz CT molecular complexity index is 1110. The summed E-state index contributed by atoms with van der Waals surface area (Å²) < 4.78 is 2.26. The number of fused-ring (bicyclic) bond motifs is 1. The minimum Gasteiger partial charge on any atom is -0.348 e. The lowest BCUT2D eigenvalue weighted by molar-refractivity contribution is -0.121. The summed E-state index contributed by atoms with van der Waals surface area (Å²) in [5.74, 6) is 1.48. The minimum atomic E-state index is 0.0704. The van der Waals surface area contributed by atoms with Gasteiger partial charge in [0, 0.05) is 42.5 Å². The van der Waals surface area contributed by atoms with E-state index >= 15 is 0 Å². The molecule has 1 aliphatic rings. The fourth-order valence-electron chi connectivity index (χ4n) is 4.89. The second-order valence-electron chi connectivity index (χ2n) is 9.64. The van der Waals surface area contributed by atoms with Crippen LogP contribution in [0, 0.1) is 18.8 Å². The summed E-state index contributed by atoms with van der Waals surface area (Å²) in [5.41, 5.74) is 5.09. The van der Waals surface area contributed by atoms with Crippen molar-refractivity contribution in [1.29, 1.82) is 0 Å². The molecule has 1 amide bonds. The maximum atomic E-state index is 12.9. The number of hydrogen-bond donors (Lipinski definition) is 1. The van der Waals surface area contributed by atoms with Crippen LogP contribution < -0.4 is 5.32 Å². The molecule has 0 radical (unpaired) electrons. The van der Waals surface area contributed by atoms with Crippen LogP contribution in [-0.4, -0.2) is 40.0 Å². The van der Waals surface area contributed by atoms with Crippen LogP contribution in [0.25, 0.3) is 22.0 Å². The molecule has 5 heteroatoms. The number of pyridine rings is 1. The first-order valence-corrected chi connectivity index (χ1v) is 11.9. The van der Waals surface area contributed by atoms with Crippen molar-refractivity contribution in [2.24, 2.45) is 18.9 Å². The van der Waals surface area contributed by atoms with Crippen LogP contribution in [0.15, 0.2) is 36.5 Å². The van der Waals surface area contributed by atoms with Crippen molar-refractivity contribution in [3.05, 3.63) is 47.8 Å². The van der Waals surface area contributed by atoms with Crippen LogP contribution in [0.3, 0.4) is 0 Å².